The van der Waals surface area contributed by atoms with E-state index >= 15 is 0 Å². The van der Waals surface area contributed by atoms with Crippen LogP contribution in [0.1, 0.15) is 48.3 Å². The Morgan fingerprint density at radius 3 is 2.93 bits per heavy atom. The van der Waals surface area contributed by atoms with Gasteiger partial charge in [0.25, 0.3) is 5.91 Å². The van der Waals surface area contributed by atoms with Gasteiger partial charge in [-0.2, -0.15) is 0 Å². The second-order valence-corrected chi connectivity index (χ2v) is 8.75. The number of fused-ring (bicyclic) bond motifs is 1. The molecule has 0 unspecified atom stereocenters. The van der Waals surface area contributed by atoms with E-state index in [2.05, 4.69) is 10.3 Å². The summed E-state index contributed by atoms with van der Waals surface area (Å²) in [5.41, 5.74) is 1.13. The average Bonchev–Trinajstić information content (AvgIpc) is 3.26. The second-order valence-electron chi connectivity index (χ2n) is 8.75. The summed E-state index contributed by atoms with van der Waals surface area (Å²) in [4.78, 5) is 31.5. The lowest BCUT2D eigenvalue weighted by Crippen LogP contribution is -2.42. The van der Waals surface area contributed by atoms with Crippen molar-refractivity contribution in [3.8, 4) is 0 Å². The van der Waals surface area contributed by atoms with E-state index in [0.717, 1.165) is 44.5 Å². The van der Waals surface area contributed by atoms with Crippen molar-refractivity contribution in [2.24, 2.45) is 17.8 Å². The average molecular weight is 369 g/mol. The molecule has 1 aromatic rings. The summed E-state index contributed by atoms with van der Waals surface area (Å²) in [6.07, 6.45) is 5.55. The smallest absolute Gasteiger partial charge is 0.269 e. The van der Waals surface area contributed by atoms with Gasteiger partial charge < -0.3 is 15.0 Å². The lowest BCUT2D eigenvalue weighted by molar-refractivity contribution is -0.138. The Morgan fingerprint density at radius 2 is 2.19 bits per heavy atom. The van der Waals surface area contributed by atoms with Gasteiger partial charge in [0, 0.05) is 36.5 Å². The van der Waals surface area contributed by atoms with Crippen LogP contribution in [0.5, 0.6) is 0 Å². The molecule has 0 aromatic carbocycles. The van der Waals surface area contributed by atoms with Crippen molar-refractivity contribution < 1.29 is 14.3 Å². The van der Waals surface area contributed by atoms with E-state index in [1.807, 2.05) is 24.0 Å². The van der Waals surface area contributed by atoms with E-state index < -0.39 is 0 Å². The minimum Gasteiger partial charge on any atom is -0.369 e. The number of nitrogens with one attached hydrogen (secondary N) is 1. The fourth-order valence-corrected chi connectivity index (χ4v) is 5.52. The molecule has 4 fully saturated rings. The number of carbonyl (C=O) groups excluding carboxylic acids is 2. The van der Waals surface area contributed by atoms with Crippen molar-refractivity contribution in [2.45, 2.75) is 50.7 Å². The summed E-state index contributed by atoms with van der Waals surface area (Å²) in [5, 5.41) is 3.07. The van der Waals surface area contributed by atoms with Gasteiger partial charge in [-0.25, -0.2) is 4.98 Å². The number of hydrogen-bond donors (Lipinski definition) is 1. The first-order valence-electron chi connectivity index (χ1n) is 10.2. The molecule has 1 N–H and O–H groups in total. The van der Waals surface area contributed by atoms with Crippen LogP contribution in [-0.2, 0) is 9.53 Å². The number of ether oxygens (including phenoxy) is 1. The number of likely N-dealkylation sites (tertiary alicyclic amines) is 1. The van der Waals surface area contributed by atoms with E-state index in [4.69, 9.17) is 4.74 Å². The summed E-state index contributed by atoms with van der Waals surface area (Å²) in [7, 11) is 0. The van der Waals surface area contributed by atoms with E-state index in [1.54, 1.807) is 6.07 Å². The van der Waals surface area contributed by atoms with Gasteiger partial charge in [0.05, 0.1) is 18.2 Å². The van der Waals surface area contributed by atoms with Crippen LogP contribution < -0.4 is 5.32 Å². The Labute approximate surface area is 159 Å². The zero-order valence-electron chi connectivity index (χ0n) is 15.8. The first kappa shape index (κ1) is 17.2. The quantitative estimate of drug-likeness (QED) is 0.880. The van der Waals surface area contributed by atoms with Crippen molar-refractivity contribution in [3.63, 3.8) is 0 Å². The number of carbonyl (C=O) groups is 2. The Morgan fingerprint density at radius 1 is 1.33 bits per heavy atom. The normalized spacial score (nSPS) is 34.4. The maximum absolute atomic E-state index is 12.7. The number of rotatable bonds is 4. The molecule has 1 aromatic heterocycles. The van der Waals surface area contributed by atoms with Gasteiger partial charge in [-0.15, -0.1) is 0 Å². The summed E-state index contributed by atoms with van der Waals surface area (Å²) >= 11 is 0. The van der Waals surface area contributed by atoms with Crippen LogP contribution in [0.2, 0.25) is 0 Å². The van der Waals surface area contributed by atoms with Crippen LogP contribution in [0.4, 0.5) is 0 Å². The highest BCUT2D eigenvalue weighted by atomic mass is 16.5. The van der Waals surface area contributed by atoms with Crippen LogP contribution in [0.15, 0.2) is 18.2 Å². The van der Waals surface area contributed by atoms with Gasteiger partial charge in [0.15, 0.2) is 0 Å². The number of hydrogen-bond acceptors (Lipinski definition) is 4. The molecular weight excluding hydrogens is 342 g/mol. The highest BCUT2D eigenvalue weighted by molar-refractivity contribution is 5.92. The number of amides is 2. The number of pyridine rings is 1. The molecule has 3 aliphatic heterocycles. The van der Waals surface area contributed by atoms with Crippen molar-refractivity contribution in [2.75, 3.05) is 19.6 Å². The molecule has 4 aliphatic rings. The Balaban J connectivity index is 1.25. The van der Waals surface area contributed by atoms with Crippen molar-refractivity contribution in [3.05, 3.63) is 29.6 Å². The van der Waals surface area contributed by atoms with E-state index in [9.17, 15) is 9.59 Å². The van der Waals surface area contributed by atoms with Gasteiger partial charge in [-0.05, 0) is 44.7 Å². The molecule has 4 heterocycles. The highest BCUT2D eigenvalue weighted by Crippen LogP contribution is 2.55. The molecule has 3 saturated heterocycles. The lowest BCUT2D eigenvalue weighted by Gasteiger charge is -2.30. The fraction of sp³-hybridized carbons (Fsp3) is 0.667. The molecule has 1 saturated carbocycles. The minimum absolute atomic E-state index is 0.129. The van der Waals surface area contributed by atoms with Crippen molar-refractivity contribution in [1.29, 1.82) is 0 Å². The molecule has 2 amide bonds. The molecule has 4 atom stereocenters. The molecular formula is C21H27N3O3. The fourth-order valence-electron chi connectivity index (χ4n) is 5.52. The van der Waals surface area contributed by atoms with Crippen LogP contribution in [0, 0.1) is 24.7 Å². The minimum atomic E-state index is -0.166. The highest BCUT2D eigenvalue weighted by Gasteiger charge is 2.63. The molecule has 144 valence electrons. The predicted molar refractivity (Wildman–Crippen MR) is 99.0 cm³/mol. The third-order valence-electron chi connectivity index (χ3n) is 7.17. The summed E-state index contributed by atoms with van der Waals surface area (Å²) in [6, 6.07) is 5.49. The van der Waals surface area contributed by atoms with Gasteiger partial charge in [0.2, 0.25) is 5.91 Å². The van der Waals surface area contributed by atoms with E-state index in [1.165, 1.54) is 6.42 Å². The van der Waals surface area contributed by atoms with Crippen LogP contribution >= 0.6 is 0 Å². The zero-order valence-corrected chi connectivity index (χ0v) is 15.8. The first-order valence-corrected chi connectivity index (χ1v) is 10.2. The molecule has 1 spiro atoms. The third-order valence-corrected chi connectivity index (χ3v) is 7.17. The lowest BCUT2D eigenvalue weighted by atomic mass is 9.73. The molecule has 5 rings (SSSR count). The third kappa shape index (κ3) is 2.76. The number of aryl methyl sites for hydroxylation is 1. The Hall–Kier alpha value is -1.95. The van der Waals surface area contributed by atoms with Crippen LogP contribution in [-0.4, -0.2) is 53.0 Å². The number of nitrogens with zero attached hydrogens (tertiary/aromatic N) is 2. The van der Waals surface area contributed by atoms with Gasteiger partial charge in [-0.3, -0.25) is 9.59 Å². The maximum atomic E-state index is 12.7. The van der Waals surface area contributed by atoms with Crippen molar-refractivity contribution >= 4 is 11.8 Å². The summed E-state index contributed by atoms with van der Waals surface area (Å²) in [5.74, 6) is 1.06. The van der Waals surface area contributed by atoms with Gasteiger partial charge in [0.1, 0.15) is 5.69 Å². The molecule has 6 heteroatoms. The molecule has 6 nitrogen and oxygen atoms in total. The zero-order chi connectivity index (χ0) is 18.6. The van der Waals surface area contributed by atoms with Gasteiger partial charge in [-0.1, -0.05) is 12.5 Å². The summed E-state index contributed by atoms with van der Waals surface area (Å²) < 4.78 is 6.40. The van der Waals surface area contributed by atoms with Gasteiger partial charge >= 0.3 is 0 Å². The molecule has 0 radical (unpaired) electrons. The van der Waals surface area contributed by atoms with E-state index in [-0.39, 0.29) is 29.4 Å². The van der Waals surface area contributed by atoms with Crippen LogP contribution in [0.25, 0.3) is 0 Å². The second kappa shape index (κ2) is 6.30. The topological polar surface area (TPSA) is 71.5 Å². The maximum Gasteiger partial charge on any atom is 0.269 e. The SMILES string of the molecule is Cc1cccc(C(=O)NC[C@H]2[C@H]3CN(C(=O)C4CCC4)C[C@]34CC[C@H]2O4)n1. The molecule has 1 aliphatic carbocycles. The monoisotopic (exact) mass is 369 g/mol. The Bertz CT molecular complexity index is 778. The molecule has 27 heavy (non-hydrogen) atoms. The predicted octanol–water partition coefficient (Wildman–Crippen LogP) is 1.93. The van der Waals surface area contributed by atoms with E-state index in [0.29, 0.717) is 24.1 Å². The molecule has 2 bridgehead atoms. The Kier molecular flexibility index (Phi) is 4.00. The van der Waals surface area contributed by atoms with Crippen molar-refractivity contribution in [1.82, 2.24) is 15.2 Å². The first-order chi connectivity index (χ1) is 13.1. The largest absolute Gasteiger partial charge is 0.369 e. The standard InChI is InChI=1S/C21H27N3O3/c1-13-4-2-7-17(23-13)19(25)22-10-15-16-11-24(20(26)14-5-3-6-14)12-21(16)9-8-18(15)27-21/h2,4,7,14-16,18H,3,5-6,8-12H2,1H3,(H,22,25)/t15-,16+,18+,21+/m0/s1. The number of aromatic nitrogens is 1. The van der Waals surface area contributed by atoms with Crippen LogP contribution in [0.3, 0.4) is 0 Å². The summed E-state index contributed by atoms with van der Waals surface area (Å²) in [6.45, 7) is 4.01.